The molecule has 1 aromatic carbocycles. The molecule has 31 heavy (non-hydrogen) atoms. The standard InChI is InChI=1S/C21H19F3N4O3/c1-12(14-3-5-17-18(9-14)31-8-7-30-17)27-20(29)16-11-26-28(13(16)2)19-6-4-15(10-25-19)21(22,23)24/h3-6,9-12H,7-8H2,1-2H3,(H,27,29). The van der Waals surface area contributed by atoms with Gasteiger partial charge in [-0.1, -0.05) is 6.07 Å². The fraction of sp³-hybridized carbons (Fsp3) is 0.286. The predicted molar refractivity (Wildman–Crippen MR) is 104 cm³/mol. The second-order valence-electron chi connectivity index (χ2n) is 7.06. The lowest BCUT2D eigenvalue weighted by Crippen LogP contribution is -2.27. The van der Waals surface area contributed by atoms with Gasteiger partial charge in [0.05, 0.1) is 29.1 Å². The lowest BCUT2D eigenvalue weighted by Gasteiger charge is -2.21. The van der Waals surface area contributed by atoms with Crippen molar-refractivity contribution in [3.05, 3.63) is 65.1 Å². The van der Waals surface area contributed by atoms with Gasteiger partial charge in [0, 0.05) is 6.20 Å². The average molecular weight is 432 g/mol. The predicted octanol–water partition coefficient (Wildman–Crippen LogP) is 3.86. The molecule has 0 fully saturated rings. The number of alkyl halides is 3. The Labute approximate surface area is 175 Å². The molecule has 4 rings (SSSR count). The number of benzene rings is 1. The van der Waals surface area contributed by atoms with Crippen LogP contribution in [0.5, 0.6) is 11.5 Å². The Kier molecular flexibility index (Phi) is 5.30. The van der Waals surface area contributed by atoms with Crippen LogP contribution in [-0.2, 0) is 6.18 Å². The molecular weight excluding hydrogens is 413 g/mol. The zero-order valence-electron chi connectivity index (χ0n) is 16.7. The van der Waals surface area contributed by atoms with Crippen LogP contribution in [0.25, 0.3) is 5.82 Å². The topological polar surface area (TPSA) is 78.3 Å². The molecule has 1 aliphatic rings. The van der Waals surface area contributed by atoms with E-state index in [1.807, 2.05) is 19.1 Å². The number of nitrogens with one attached hydrogen (secondary N) is 1. The Bertz CT molecular complexity index is 1110. The number of carbonyl (C=O) groups excluding carboxylic acids is 1. The number of nitrogens with zero attached hydrogens (tertiary/aromatic N) is 3. The monoisotopic (exact) mass is 432 g/mol. The summed E-state index contributed by atoms with van der Waals surface area (Å²) in [5, 5.41) is 7.01. The smallest absolute Gasteiger partial charge is 0.417 e. The number of aromatic nitrogens is 3. The molecule has 0 saturated carbocycles. The van der Waals surface area contributed by atoms with Crippen LogP contribution in [0.1, 0.15) is 40.1 Å². The minimum Gasteiger partial charge on any atom is -0.486 e. The molecule has 1 amide bonds. The average Bonchev–Trinajstić information content (AvgIpc) is 3.14. The van der Waals surface area contributed by atoms with Gasteiger partial charge in [-0.05, 0) is 43.7 Å². The number of hydrogen-bond donors (Lipinski definition) is 1. The molecule has 1 aliphatic heterocycles. The van der Waals surface area contributed by atoms with Crippen LogP contribution in [0.15, 0.2) is 42.7 Å². The van der Waals surface area contributed by atoms with Crippen molar-refractivity contribution in [2.45, 2.75) is 26.1 Å². The van der Waals surface area contributed by atoms with Crippen molar-refractivity contribution in [3.63, 3.8) is 0 Å². The molecule has 1 N–H and O–H groups in total. The van der Waals surface area contributed by atoms with Crippen molar-refractivity contribution < 1.29 is 27.4 Å². The minimum atomic E-state index is -4.47. The zero-order valence-corrected chi connectivity index (χ0v) is 16.7. The quantitative estimate of drug-likeness (QED) is 0.678. The number of ether oxygens (including phenoxy) is 2. The zero-order chi connectivity index (χ0) is 22.2. The highest BCUT2D eigenvalue weighted by Gasteiger charge is 2.31. The first kappa shape index (κ1) is 20.7. The summed E-state index contributed by atoms with van der Waals surface area (Å²) in [5.74, 6) is 1.11. The number of pyridine rings is 1. The van der Waals surface area contributed by atoms with Crippen molar-refractivity contribution in [2.24, 2.45) is 0 Å². The molecule has 1 unspecified atom stereocenters. The minimum absolute atomic E-state index is 0.185. The van der Waals surface area contributed by atoms with Crippen LogP contribution < -0.4 is 14.8 Å². The van der Waals surface area contributed by atoms with E-state index in [2.05, 4.69) is 15.4 Å². The third-order valence-corrected chi connectivity index (χ3v) is 4.96. The number of fused-ring (bicyclic) bond motifs is 1. The maximum absolute atomic E-state index is 12.8. The van der Waals surface area contributed by atoms with Gasteiger partial charge in [-0.3, -0.25) is 4.79 Å². The molecule has 3 heterocycles. The molecule has 10 heteroatoms. The van der Waals surface area contributed by atoms with Gasteiger partial charge in [-0.25, -0.2) is 9.67 Å². The van der Waals surface area contributed by atoms with Crippen molar-refractivity contribution >= 4 is 5.91 Å². The normalized spacial score (nSPS) is 14.2. The molecule has 0 bridgehead atoms. The third kappa shape index (κ3) is 4.18. The van der Waals surface area contributed by atoms with Gasteiger partial charge >= 0.3 is 6.18 Å². The lowest BCUT2D eigenvalue weighted by atomic mass is 10.1. The van der Waals surface area contributed by atoms with Crippen LogP contribution in [0, 0.1) is 6.92 Å². The fourth-order valence-electron chi connectivity index (χ4n) is 3.23. The molecule has 0 spiro atoms. The van der Waals surface area contributed by atoms with E-state index in [1.165, 1.54) is 16.9 Å². The number of hydrogen-bond acceptors (Lipinski definition) is 5. The first-order chi connectivity index (χ1) is 14.7. The molecule has 0 saturated heterocycles. The van der Waals surface area contributed by atoms with Gasteiger partial charge in [0.25, 0.3) is 5.91 Å². The Morgan fingerprint density at radius 1 is 1.13 bits per heavy atom. The Morgan fingerprint density at radius 2 is 1.87 bits per heavy atom. The number of carbonyl (C=O) groups is 1. The number of amides is 1. The van der Waals surface area contributed by atoms with E-state index in [4.69, 9.17) is 9.47 Å². The summed E-state index contributed by atoms with van der Waals surface area (Å²) >= 11 is 0. The van der Waals surface area contributed by atoms with E-state index >= 15 is 0 Å². The highest BCUT2D eigenvalue weighted by molar-refractivity contribution is 5.95. The van der Waals surface area contributed by atoms with Crippen LogP contribution in [0.4, 0.5) is 13.2 Å². The van der Waals surface area contributed by atoms with E-state index < -0.39 is 11.7 Å². The van der Waals surface area contributed by atoms with Crippen LogP contribution in [-0.4, -0.2) is 33.9 Å². The third-order valence-electron chi connectivity index (χ3n) is 4.96. The molecule has 0 aliphatic carbocycles. The van der Waals surface area contributed by atoms with Crippen LogP contribution >= 0.6 is 0 Å². The summed E-state index contributed by atoms with van der Waals surface area (Å²) in [4.78, 5) is 16.6. The van der Waals surface area contributed by atoms with Gasteiger partial charge in [0.15, 0.2) is 17.3 Å². The van der Waals surface area contributed by atoms with E-state index in [-0.39, 0.29) is 17.8 Å². The summed E-state index contributed by atoms with van der Waals surface area (Å²) in [7, 11) is 0. The van der Waals surface area contributed by atoms with Gasteiger partial charge in [-0.2, -0.15) is 18.3 Å². The van der Waals surface area contributed by atoms with Gasteiger partial charge in [0.2, 0.25) is 0 Å². The SMILES string of the molecule is Cc1c(C(=O)NC(C)c2ccc3c(c2)OCCO3)cnn1-c1ccc(C(F)(F)F)cn1. The van der Waals surface area contributed by atoms with Gasteiger partial charge < -0.3 is 14.8 Å². The second-order valence-corrected chi connectivity index (χ2v) is 7.06. The second kappa shape index (κ2) is 7.93. The maximum atomic E-state index is 12.8. The largest absolute Gasteiger partial charge is 0.486 e. The van der Waals surface area contributed by atoms with Crippen LogP contribution in [0.2, 0.25) is 0 Å². The fourth-order valence-corrected chi connectivity index (χ4v) is 3.23. The summed E-state index contributed by atoms with van der Waals surface area (Å²) in [5.41, 5.74) is 0.740. The molecule has 0 radical (unpaired) electrons. The van der Waals surface area contributed by atoms with Crippen molar-refractivity contribution in [1.29, 1.82) is 0 Å². The highest BCUT2D eigenvalue weighted by atomic mass is 19.4. The molecule has 1 atom stereocenters. The first-order valence-electron chi connectivity index (χ1n) is 9.52. The summed E-state index contributed by atoms with van der Waals surface area (Å²) < 4.78 is 50.6. The molecule has 7 nitrogen and oxygen atoms in total. The Hall–Kier alpha value is -3.56. The van der Waals surface area contributed by atoms with E-state index in [9.17, 15) is 18.0 Å². The van der Waals surface area contributed by atoms with Crippen molar-refractivity contribution in [3.8, 4) is 17.3 Å². The Morgan fingerprint density at radius 3 is 2.55 bits per heavy atom. The van der Waals surface area contributed by atoms with Gasteiger partial charge in [0.1, 0.15) is 13.2 Å². The van der Waals surface area contributed by atoms with E-state index in [1.54, 1.807) is 13.0 Å². The lowest BCUT2D eigenvalue weighted by molar-refractivity contribution is -0.137. The van der Waals surface area contributed by atoms with E-state index in [0.717, 1.165) is 17.8 Å². The summed E-state index contributed by atoms with van der Waals surface area (Å²) in [6.07, 6.45) is -2.37. The first-order valence-corrected chi connectivity index (χ1v) is 9.52. The van der Waals surface area contributed by atoms with Crippen LogP contribution in [0.3, 0.4) is 0 Å². The number of rotatable bonds is 4. The molecule has 162 valence electrons. The van der Waals surface area contributed by atoms with Crippen molar-refractivity contribution in [2.75, 3.05) is 13.2 Å². The van der Waals surface area contributed by atoms with E-state index in [0.29, 0.717) is 36.0 Å². The molecular formula is C21H19F3N4O3. The Balaban J connectivity index is 1.50. The molecule has 2 aromatic heterocycles. The summed E-state index contributed by atoms with van der Waals surface area (Å²) in [6, 6.07) is 7.28. The number of halogens is 3. The van der Waals surface area contributed by atoms with Crippen molar-refractivity contribution in [1.82, 2.24) is 20.1 Å². The maximum Gasteiger partial charge on any atom is 0.417 e. The molecule has 3 aromatic rings. The highest BCUT2D eigenvalue weighted by Crippen LogP contribution is 2.33. The van der Waals surface area contributed by atoms with Gasteiger partial charge in [-0.15, -0.1) is 0 Å². The summed E-state index contributed by atoms with van der Waals surface area (Å²) in [6.45, 7) is 4.44.